The number of hydrogen-bond donors (Lipinski definition) is 0. The molecule has 214 valence electrons. The van der Waals surface area contributed by atoms with Gasteiger partial charge in [0, 0.05) is 41.0 Å². The minimum Gasteiger partial charge on any atom is -0.335 e. The van der Waals surface area contributed by atoms with Gasteiger partial charge in [-0.2, -0.15) is 0 Å². The van der Waals surface area contributed by atoms with Crippen LogP contribution in [0.2, 0.25) is 0 Å². The number of aliphatic imine (C=N–C) groups is 1. The molecule has 0 spiro atoms. The maximum atomic E-state index is 5.25. The van der Waals surface area contributed by atoms with Crippen molar-refractivity contribution in [3.63, 3.8) is 0 Å². The second-order valence-corrected chi connectivity index (χ2v) is 11.9. The van der Waals surface area contributed by atoms with Gasteiger partial charge in [-0.15, -0.1) is 0 Å². The molecule has 0 bridgehead atoms. The van der Waals surface area contributed by atoms with Gasteiger partial charge in [0.05, 0.1) is 16.9 Å². The summed E-state index contributed by atoms with van der Waals surface area (Å²) in [6, 6.07) is 28.3. The summed E-state index contributed by atoms with van der Waals surface area (Å²) >= 11 is 0. The summed E-state index contributed by atoms with van der Waals surface area (Å²) in [6.07, 6.45) is 17.2. The van der Waals surface area contributed by atoms with Crippen LogP contribution in [0.25, 0.3) is 45.1 Å². The van der Waals surface area contributed by atoms with Gasteiger partial charge in [0.2, 0.25) is 0 Å². The lowest BCUT2D eigenvalue weighted by molar-refractivity contribution is 0.340. The van der Waals surface area contributed by atoms with Gasteiger partial charge in [0.1, 0.15) is 12.0 Å². The summed E-state index contributed by atoms with van der Waals surface area (Å²) in [4.78, 5) is 12.4. The smallest absolute Gasteiger partial charge is 0.134 e. The lowest BCUT2D eigenvalue weighted by Gasteiger charge is -2.36. The molecule has 3 aliphatic rings. The van der Waals surface area contributed by atoms with E-state index in [-0.39, 0.29) is 6.17 Å². The summed E-state index contributed by atoms with van der Waals surface area (Å²) < 4.78 is 2.55. The molecule has 1 unspecified atom stereocenters. The topological polar surface area (TPSA) is 33.4 Å². The zero-order valence-corrected chi connectivity index (χ0v) is 25.3. The second-order valence-electron chi connectivity index (χ2n) is 11.9. The van der Waals surface area contributed by atoms with Crippen LogP contribution >= 0.6 is 0 Å². The molecule has 0 amide bonds. The highest BCUT2D eigenvalue weighted by Gasteiger charge is 2.32. The van der Waals surface area contributed by atoms with E-state index in [1.807, 2.05) is 12.3 Å². The number of amidine groups is 1. The van der Waals surface area contributed by atoms with E-state index in [9.17, 15) is 0 Å². The van der Waals surface area contributed by atoms with Crippen LogP contribution in [0.15, 0.2) is 126 Å². The van der Waals surface area contributed by atoms with Gasteiger partial charge in [-0.25, -0.2) is 4.99 Å². The molecular formula is C40H34N4. The first-order valence-corrected chi connectivity index (χ1v) is 15.4. The molecule has 0 saturated carbocycles. The van der Waals surface area contributed by atoms with Crippen molar-refractivity contribution in [2.24, 2.45) is 4.99 Å². The lowest BCUT2D eigenvalue weighted by atomic mass is 9.94. The van der Waals surface area contributed by atoms with Gasteiger partial charge in [-0.3, -0.25) is 4.98 Å². The third-order valence-corrected chi connectivity index (χ3v) is 9.24. The van der Waals surface area contributed by atoms with Gasteiger partial charge >= 0.3 is 0 Å². The van der Waals surface area contributed by atoms with E-state index in [2.05, 4.69) is 140 Å². The Kier molecular flexibility index (Phi) is 6.30. The Balaban J connectivity index is 1.36. The quantitative estimate of drug-likeness (QED) is 0.211. The molecule has 5 aromatic rings. The third-order valence-electron chi connectivity index (χ3n) is 9.24. The summed E-state index contributed by atoms with van der Waals surface area (Å²) in [6.45, 7) is 4.32. The summed E-state index contributed by atoms with van der Waals surface area (Å²) in [5.41, 5.74) is 14.4. The fourth-order valence-corrected chi connectivity index (χ4v) is 6.99. The molecule has 44 heavy (non-hydrogen) atoms. The molecule has 4 nitrogen and oxygen atoms in total. The Morgan fingerprint density at radius 2 is 1.68 bits per heavy atom. The van der Waals surface area contributed by atoms with Crippen molar-refractivity contribution >= 4 is 28.5 Å². The normalized spacial score (nSPS) is 17.2. The van der Waals surface area contributed by atoms with Gasteiger partial charge in [0.15, 0.2) is 0 Å². The fourth-order valence-electron chi connectivity index (χ4n) is 6.99. The molecule has 4 heteroatoms. The number of pyridine rings is 1. The molecule has 0 fully saturated rings. The molecule has 3 heterocycles. The van der Waals surface area contributed by atoms with Gasteiger partial charge in [0.25, 0.3) is 0 Å². The Morgan fingerprint density at radius 1 is 0.795 bits per heavy atom. The van der Waals surface area contributed by atoms with Crippen molar-refractivity contribution in [3.05, 3.63) is 149 Å². The van der Waals surface area contributed by atoms with Crippen LogP contribution in [-0.4, -0.2) is 27.3 Å². The Morgan fingerprint density at radius 3 is 2.50 bits per heavy atom. The third kappa shape index (κ3) is 4.21. The number of nitrogens with zero attached hydrogens (tertiary/aromatic N) is 4. The number of para-hydroxylation sites is 1. The molecule has 0 radical (unpaired) electrons. The maximum Gasteiger partial charge on any atom is 0.134 e. The SMILES string of the molecule is Cc1ccc(-c2cccc3c4c(n(C5C=C(c6ccccc6)N=C(C6=CC=CC6)N5C)c23)C=CC4)cc1-c1ncccc1C. The zero-order chi connectivity index (χ0) is 29.8. The molecule has 1 aliphatic heterocycles. The molecule has 0 N–H and O–H groups in total. The monoisotopic (exact) mass is 570 g/mol. The van der Waals surface area contributed by atoms with Crippen molar-refractivity contribution in [2.45, 2.75) is 32.9 Å². The van der Waals surface area contributed by atoms with Crippen LogP contribution < -0.4 is 0 Å². The first kappa shape index (κ1) is 26.4. The van der Waals surface area contributed by atoms with Crippen molar-refractivity contribution in [1.29, 1.82) is 0 Å². The van der Waals surface area contributed by atoms with E-state index in [1.54, 1.807) is 0 Å². The largest absolute Gasteiger partial charge is 0.335 e. The van der Waals surface area contributed by atoms with Crippen molar-refractivity contribution in [2.75, 3.05) is 7.05 Å². The molecule has 0 saturated heterocycles. The summed E-state index contributed by atoms with van der Waals surface area (Å²) in [5.74, 6) is 1.03. The predicted molar refractivity (Wildman–Crippen MR) is 183 cm³/mol. The average molecular weight is 571 g/mol. The van der Waals surface area contributed by atoms with Crippen LogP contribution in [-0.2, 0) is 6.42 Å². The molecule has 1 atom stereocenters. The Labute approximate surface area is 258 Å². The first-order chi connectivity index (χ1) is 21.6. The van der Waals surface area contributed by atoms with Gasteiger partial charge < -0.3 is 9.47 Å². The van der Waals surface area contributed by atoms with Crippen LogP contribution in [0.3, 0.4) is 0 Å². The maximum absolute atomic E-state index is 5.25. The molecule has 2 aromatic heterocycles. The Bertz CT molecular complexity index is 2100. The van der Waals surface area contributed by atoms with Crippen LogP contribution in [0.1, 0.15) is 40.5 Å². The van der Waals surface area contributed by atoms with Crippen LogP contribution in [0.5, 0.6) is 0 Å². The number of likely N-dealkylation sites (N-methyl/N-ethyl adjacent to an activating group) is 1. The predicted octanol–water partition coefficient (Wildman–Crippen LogP) is 9.33. The van der Waals surface area contributed by atoms with Crippen LogP contribution in [0.4, 0.5) is 0 Å². The highest BCUT2D eigenvalue weighted by atomic mass is 15.3. The first-order valence-electron chi connectivity index (χ1n) is 15.4. The standard InChI is InChI=1S/C40H34N4/c1-26-21-22-30(24-34(26)38-27(2)12-11-23-41-38)31-17-9-19-33-32-18-10-20-36(32)44(39(31)33)37-25-35(28-13-5-4-6-14-28)42-40(43(37)3)29-15-7-8-16-29/h4-15,17,19-25,37H,16,18H2,1-3H3. The molecule has 3 aromatic carbocycles. The van der Waals surface area contributed by atoms with Crippen molar-refractivity contribution in [1.82, 2.24) is 14.5 Å². The minimum atomic E-state index is -0.0580. The van der Waals surface area contributed by atoms with Gasteiger partial charge in [-0.05, 0) is 78.8 Å². The van der Waals surface area contributed by atoms with Crippen LogP contribution in [0, 0.1) is 13.8 Å². The average Bonchev–Trinajstić information content (AvgIpc) is 3.81. The number of allylic oxidation sites excluding steroid dienone is 4. The van der Waals surface area contributed by atoms with E-state index >= 15 is 0 Å². The van der Waals surface area contributed by atoms with Crippen molar-refractivity contribution in [3.8, 4) is 22.4 Å². The van der Waals surface area contributed by atoms with E-state index < -0.39 is 0 Å². The number of aromatic nitrogens is 2. The Hall–Kier alpha value is -5.22. The molecule has 8 rings (SSSR count). The van der Waals surface area contributed by atoms with Crippen molar-refractivity contribution < 1.29 is 0 Å². The number of fused-ring (bicyclic) bond motifs is 3. The van der Waals surface area contributed by atoms with E-state index in [0.29, 0.717) is 0 Å². The fraction of sp³-hybridized carbons (Fsp3) is 0.150. The summed E-state index contributed by atoms with van der Waals surface area (Å²) in [5, 5.41) is 1.31. The number of hydrogen-bond acceptors (Lipinski definition) is 3. The summed E-state index contributed by atoms with van der Waals surface area (Å²) in [7, 11) is 2.19. The number of rotatable bonds is 5. The molecular weight excluding hydrogens is 536 g/mol. The second kappa shape index (κ2) is 10.5. The van der Waals surface area contributed by atoms with E-state index in [1.165, 1.54) is 55.6 Å². The minimum absolute atomic E-state index is 0.0580. The number of benzene rings is 3. The van der Waals surface area contributed by atoms with E-state index in [0.717, 1.165) is 35.6 Å². The van der Waals surface area contributed by atoms with E-state index in [4.69, 9.17) is 9.98 Å². The number of aryl methyl sites for hydroxylation is 2. The highest BCUT2D eigenvalue weighted by molar-refractivity contribution is 6.05. The zero-order valence-electron chi connectivity index (χ0n) is 25.3. The molecule has 2 aliphatic carbocycles. The van der Waals surface area contributed by atoms with Gasteiger partial charge in [-0.1, -0.05) is 91.0 Å². The highest BCUT2D eigenvalue weighted by Crippen LogP contribution is 2.43. The lowest BCUT2D eigenvalue weighted by Crippen LogP contribution is -2.37.